The van der Waals surface area contributed by atoms with E-state index in [0.717, 1.165) is 6.07 Å². The zero-order chi connectivity index (χ0) is 14.9. The summed E-state index contributed by atoms with van der Waals surface area (Å²) < 4.78 is 39.4. The molecule has 2 heterocycles. The SMILES string of the molecule is Cn1cccc1[C@@H](C#N)c1ncc(C(F)(F)F)cc1Cl. The molecule has 0 saturated carbocycles. The molecule has 0 aromatic carbocycles. The van der Waals surface area contributed by atoms with Crippen LogP contribution in [-0.4, -0.2) is 9.55 Å². The van der Waals surface area contributed by atoms with Gasteiger partial charge in [0.05, 0.1) is 22.3 Å². The fourth-order valence-electron chi connectivity index (χ4n) is 1.86. The van der Waals surface area contributed by atoms with Gasteiger partial charge >= 0.3 is 6.18 Å². The first-order valence-electron chi connectivity index (χ1n) is 5.58. The van der Waals surface area contributed by atoms with E-state index in [9.17, 15) is 18.4 Å². The second-order valence-electron chi connectivity index (χ2n) is 4.19. The summed E-state index contributed by atoms with van der Waals surface area (Å²) >= 11 is 5.86. The Kier molecular flexibility index (Phi) is 3.73. The van der Waals surface area contributed by atoms with Crippen LogP contribution in [0.3, 0.4) is 0 Å². The highest BCUT2D eigenvalue weighted by Gasteiger charge is 2.32. The Bertz CT molecular complexity index is 670. The van der Waals surface area contributed by atoms with Crippen LogP contribution in [0.5, 0.6) is 0 Å². The van der Waals surface area contributed by atoms with Crippen molar-refractivity contribution in [2.24, 2.45) is 7.05 Å². The van der Waals surface area contributed by atoms with E-state index in [1.807, 2.05) is 6.07 Å². The van der Waals surface area contributed by atoms with Gasteiger partial charge in [-0.3, -0.25) is 4.98 Å². The molecule has 0 saturated heterocycles. The average molecular weight is 300 g/mol. The van der Waals surface area contributed by atoms with Crippen LogP contribution in [0.2, 0.25) is 5.02 Å². The first-order chi connectivity index (χ1) is 9.34. The first-order valence-corrected chi connectivity index (χ1v) is 5.96. The largest absolute Gasteiger partial charge is 0.417 e. The van der Waals surface area contributed by atoms with E-state index in [4.69, 9.17) is 11.6 Å². The maximum atomic E-state index is 12.6. The molecule has 0 N–H and O–H groups in total. The number of nitriles is 1. The number of pyridine rings is 1. The molecule has 2 aromatic rings. The van der Waals surface area contributed by atoms with E-state index in [1.54, 1.807) is 29.9 Å². The second-order valence-corrected chi connectivity index (χ2v) is 4.60. The molecule has 0 spiro atoms. The molecule has 0 aliphatic rings. The summed E-state index contributed by atoms with van der Waals surface area (Å²) in [5, 5.41) is 9.07. The van der Waals surface area contributed by atoms with Crippen molar-refractivity contribution in [3.63, 3.8) is 0 Å². The third-order valence-electron chi connectivity index (χ3n) is 2.88. The van der Waals surface area contributed by atoms with Crippen molar-refractivity contribution in [2.75, 3.05) is 0 Å². The highest BCUT2D eigenvalue weighted by atomic mass is 35.5. The van der Waals surface area contributed by atoms with Crippen LogP contribution in [0.1, 0.15) is 22.9 Å². The maximum absolute atomic E-state index is 12.6. The van der Waals surface area contributed by atoms with Gasteiger partial charge < -0.3 is 4.57 Å². The number of aromatic nitrogens is 2. The molecule has 104 valence electrons. The van der Waals surface area contributed by atoms with E-state index in [-0.39, 0.29) is 10.7 Å². The number of nitrogens with zero attached hydrogens (tertiary/aromatic N) is 3. The smallest absolute Gasteiger partial charge is 0.353 e. The van der Waals surface area contributed by atoms with Gasteiger partial charge in [-0.1, -0.05) is 11.6 Å². The lowest BCUT2D eigenvalue weighted by Crippen LogP contribution is -2.10. The third-order valence-corrected chi connectivity index (χ3v) is 3.18. The number of aryl methyl sites for hydroxylation is 1. The Morgan fingerprint density at radius 2 is 2.15 bits per heavy atom. The van der Waals surface area contributed by atoms with Crippen LogP contribution in [0.15, 0.2) is 30.6 Å². The monoisotopic (exact) mass is 299 g/mol. The molecule has 0 aliphatic carbocycles. The number of hydrogen-bond donors (Lipinski definition) is 0. The van der Waals surface area contributed by atoms with Crippen LogP contribution in [-0.2, 0) is 13.2 Å². The molecule has 0 fully saturated rings. The van der Waals surface area contributed by atoms with Crippen molar-refractivity contribution < 1.29 is 13.2 Å². The van der Waals surface area contributed by atoms with Crippen LogP contribution in [0.4, 0.5) is 13.2 Å². The number of halogens is 4. The number of rotatable bonds is 2. The van der Waals surface area contributed by atoms with Gasteiger partial charge in [0.2, 0.25) is 0 Å². The maximum Gasteiger partial charge on any atom is 0.417 e. The second kappa shape index (κ2) is 5.17. The molecule has 20 heavy (non-hydrogen) atoms. The van der Waals surface area contributed by atoms with Crippen LogP contribution in [0, 0.1) is 11.3 Å². The predicted octanol–water partition coefficient (Wildman–Crippen LogP) is 3.75. The van der Waals surface area contributed by atoms with Crippen molar-refractivity contribution in [3.8, 4) is 6.07 Å². The molecule has 1 atom stereocenters. The summed E-state index contributed by atoms with van der Waals surface area (Å²) in [7, 11) is 1.73. The predicted molar refractivity (Wildman–Crippen MR) is 67.1 cm³/mol. The molecule has 0 bridgehead atoms. The summed E-state index contributed by atoms with van der Waals surface area (Å²) in [5.41, 5.74) is -0.208. The van der Waals surface area contributed by atoms with E-state index >= 15 is 0 Å². The minimum atomic E-state index is -4.51. The minimum Gasteiger partial charge on any atom is -0.353 e. The fraction of sp³-hybridized carbons (Fsp3) is 0.231. The van der Waals surface area contributed by atoms with Gasteiger partial charge in [0.15, 0.2) is 0 Å². The van der Waals surface area contributed by atoms with Gasteiger partial charge in [-0.05, 0) is 18.2 Å². The highest BCUT2D eigenvalue weighted by Crippen LogP contribution is 2.34. The lowest BCUT2D eigenvalue weighted by atomic mass is 10.0. The lowest BCUT2D eigenvalue weighted by molar-refractivity contribution is -0.137. The van der Waals surface area contributed by atoms with Gasteiger partial charge in [-0.25, -0.2) is 0 Å². The fourth-order valence-corrected chi connectivity index (χ4v) is 2.13. The molecule has 0 unspecified atom stereocenters. The van der Waals surface area contributed by atoms with Crippen LogP contribution in [0.25, 0.3) is 0 Å². The van der Waals surface area contributed by atoms with Gasteiger partial charge in [-0.15, -0.1) is 0 Å². The lowest BCUT2D eigenvalue weighted by Gasteiger charge is -2.13. The molecule has 0 radical (unpaired) electrons. The Hall–Kier alpha value is -2.00. The molecule has 0 amide bonds. The van der Waals surface area contributed by atoms with Gasteiger partial charge in [0, 0.05) is 25.1 Å². The Labute approximate surface area is 118 Å². The molecule has 3 nitrogen and oxygen atoms in total. The molecule has 2 aromatic heterocycles. The van der Waals surface area contributed by atoms with Crippen molar-refractivity contribution in [2.45, 2.75) is 12.1 Å². The zero-order valence-electron chi connectivity index (χ0n) is 10.3. The molecular formula is C13H9ClF3N3. The highest BCUT2D eigenvalue weighted by molar-refractivity contribution is 6.31. The Balaban J connectivity index is 2.48. The summed E-state index contributed by atoms with van der Waals surface area (Å²) in [4.78, 5) is 3.73. The van der Waals surface area contributed by atoms with Gasteiger partial charge in [0.1, 0.15) is 5.92 Å². The molecule has 0 aliphatic heterocycles. The van der Waals surface area contributed by atoms with E-state index in [1.165, 1.54) is 0 Å². The number of alkyl halides is 3. The summed E-state index contributed by atoms with van der Waals surface area (Å²) in [6.07, 6.45) is -2.09. The van der Waals surface area contributed by atoms with Gasteiger partial charge in [0.25, 0.3) is 0 Å². The van der Waals surface area contributed by atoms with Gasteiger partial charge in [-0.2, -0.15) is 18.4 Å². The molecule has 2 rings (SSSR count). The van der Waals surface area contributed by atoms with Crippen molar-refractivity contribution in [1.29, 1.82) is 5.26 Å². The third kappa shape index (κ3) is 2.63. The molecular weight excluding hydrogens is 291 g/mol. The van der Waals surface area contributed by atoms with Crippen molar-refractivity contribution in [3.05, 3.63) is 52.6 Å². The minimum absolute atomic E-state index is 0.115. The first kappa shape index (κ1) is 14.4. The van der Waals surface area contributed by atoms with E-state index in [2.05, 4.69) is 4.98 Å². The normalized spacial score (nSPS) is 13.0. The molecule has 7 heteroatoms. The quantitative estimate of drug-likeness (QED) is 0.847. The van der Waals surface area contributed by atoms with E-state index in [0.29, 0.717) is 11.9 Å². The Morgan fingerprint density at radius 3 is 2.60 bits per heavy atom. The van der Waals surface area contributed by atoms with Crippen LogP contribution < -0.4 is 0 Å². The zero-order valence-corrected chi connectivity index (χ0v) is 11.1. The summed E-state index contributed by atoms with van der Waals surface area (Å²) in [6, 6.07) is 6.23. The summed E-state index contributed by atoms with van der Waals surface area (Å²) in [5.74, 6) is -0.815. The average Bonchev–Trinajstić information content (AvgIpc) is 2.77. The topological polar surface area (TPSA) is 41.6 Å². The number of hydrogen-bond acceptors (Lipinski definition) is 2. The Morgan fingerprint density at radius 1 is 1.45 bits per heavy atom. The van der Waals surface area contributed by atoms with Crippen LogP contribution >= 0.6 is 11.6 Å². The standard InChI is InChI=1S/C13H9ClF3N3/c1-20-4-2-3-11(20)9(6-18)12-10(14)5-8(7-19-12)13(15,16)17/h2-5,7,9H,1H3/t9-/m1/s1. The summed E-state index contributed by atoms with van der Waals surface area (Å²) in [6.45, 7) is 0. The van der Waals surface area contributed by atoms with E-state index < -0.39 is 17.7 Å². The van der Waals surface area contributed by atoms with Crippen molar-refractivity contribution in [1.82, 2.24) is 9.55 Å². The van der Waals surface area contributed by atoms with Crippen molar-refractivity contribution >= 4 is 11.6 Å².